The summed E-state index contributed by atoms with van der Waals surface area (Å²) in [5, 5.41) is 4.85. The Morgan fingerprint density at radius 1 is 1.29 bits per heavy atom. The fourth-order valence-electron chi connectivity index (χ4n) is 1.58. The summed E-state index contributed by atoms with van der Waals surface area (Å²) in [4.78, 5) is 11.9. The normalized spacial score (nSPS) is 11.6. The minimum atomic E-state index is -3.62. The fraction of sp³-hybridized carbons (Fsp3) is 0.154. The van der Waals surface area contributed by atoms with Crippen LogP contribution < -0.4 is 5.32 Å². The third-order valence-electron chi connectivity index (χ3n) is 2.65. The number of benzene rings is 1. The molecule has 1 aromatic carbocycles. The quantitative estimate of drug-likeness (QED) is 0.906. The van der Waals surface area contributed by atoms with Crippen LogP contribution in [0.25, 0.3) is 0 Å². The molecule has 0 aliphatic carbocycles. The number of likely N-dealkylation sites (N-methyl/N-ethyl adjacent to an activating group) is 1. The number of thiophene rings is 1. The topological polar surface area (TPSA) is 66.5 Å². The van der Waals surface area contributed by atoms with Crippen LogP contribution in [0.15, 0.2) is 46.0 Å². The summed E-state index contributed by atoms with van der Waals surface area (Å²) >= 11 is 6.87. The lowest BCUT2D eigenvalue weighted by Crippen LogP contribution is -2.34. The number of anilines is 1. The third-order valence-corrected chi connectivity index (χ3v) is 6.08. The van der Waals surface area contributed by atoms with E-state index in [1.54, 1.807) is 35.7 Å². The Balaban J connectivity index is 2.01. The minimum Gasteiger partial charge on any atom is -0.325 e. The molecule has 1 N–H and O–H groups in total. The number of carbonyl (C=O) groups excluding carboxylic acids is 1. The highest BCUT2D eigenvalue weighted by molar-refractivity contribution is 7.91. The number of hydrogen-bond acceptors (Lipinski definition) is 4. The van der Waals surface area contributed by atoms with Gasteiger partial charge in [0.2, 0.25) is 5.91 Å². The maximum Gasteiger partial charge on any atom is 0.252 e. The Bertz CT molecular complexity index is 712. The van der Waals surface area contributed by atoms with Crippen molar-refractivity contribution in [2.75, 3.05) is 18.9 Å². The second kappa shape index (κ2) is 6.57. The van der Waals surface area contributed by atoms with Crippen LogP contribution in [-0.4, -0.2) is 32.2 Å². The highest BCUT2D eigenvalue weighted by Crippen LogP contribution is 2.19. The molecule has 0 spiro atoms. The largest absolute Gasteiger partial charge is 0.325 e. The maximum absolute atomic E-state index is 12.2. The van der Waals surface area contributed by atoms with Gasteiger partial charge in [0.1, 0.15) is 4.21 Å². The van der Waals surface area contributed by atoms with Crippen molar-refractivity contribution >= 4 is 44.6 Å². The molecule has 0 unspecified atom stereocenters. The average Bonchev–Trinajstić information content (AvgIpc) is 2.96. The van der Waals surface area contributed by atoms with E-state index in [-0.39, 0.29) is 10.8 Å². The predicted molar refractivity (Wildman–Crippen MR) is 84.2 cm³/mol. The molecule has 0 saturated heterocycles. The first-order valence-electron chi connectivity index (χ1n) is 5.95. The number of hydrogen-bond donors (Lipinski definition) is 1. The van der Waals surface area contributed by atoms with Crippen LogP contribution in [-0.2, 0) is 14.8 Å². The molecule has 21 heavy (non-hydrogen) atoms. The van der Waals surface area contributed by atoms with Gasteiger partial charge in [0.25, 0.3) is 10.0 Å². The van der Waals surface area contributed by atoms with E-state index in [2.05, 4.69) is 5.32 Å². The Labute approximate surface area is 132 Å². The van der Waals surface area contributed by atoms with E-state index in [9.17, 15) is 13.2 Å². The number of halogens is 1. The molecule has 2 aromatic rings. The van der Waals surface area contributed by atoms with Gasteiger partial charge in [-0.1, -0.05) is 17.7 Å². The first kappa shape index (κ1) is 16.0. The standard InChI is InChI=1S/C13H13ClN2O3S2/c1-16(21(18,19)13-3-2-8-20-13)9-12(17)15-11-6-4-10(14)5-7-11/h2-8H,9H2,1H3,(H,15,17). The molecule has 0 atom stereocenters. The molecule has 1 heterocycles. The zero-order valence-corrected chi connectivity index (χ0v) is 13.5. The molecule has 8 heteroatoms. The molecule has 5 nitrogen and oxygen atoms in total. The second-order valence-corrected chi connectivity index (χ2v) is 7.90. The van der Waals surface area contributed by atoms with Crippen LogP contribution in [0.5, 0.6) is 0 Å². The zero-order chi connectivity index (χ0) is 15.5. The molecule has 0 aliphatic heterocycles. The molecule has 0 saturated carbocycles. The van der Waals surface area contributed by atoms with Gasteiger partial charge < -0.3 is 5.32 Å². The van der Waals surface area contributed by atoms with Crippen molar-refractivity contribution in [1.29, 1.82) is 0 Å². The van der Waals surface area contributed by atoms with Crippen LogP contribution >= 0.6 is 22.9 Å². The van der Waals surface area contributed by atoms with Crippen molar-refractivity contribution in [1.82, 2.24) is 4.31 Å². The molecular formula is C13H13ClN2O3S2. The maximum atomic E-state index is 12.2. The lowest BCUT2D eigenvalue weighted by Gasteiger charge is -2.15. The van der Waals surface area contributed by atoms with Crippen LogP contribution in [0.1, 0.15) is 0 Å². The van der Waals surface area contributed by atoms with Crippen LogP contribution in [0.3, 0.4) is 0 Å². The van der Waals surface area contributed by atoms with E-state index in [1.165, 1.54) is 13.1 Å². The highest BCUT2D eigenvalue weighted by Gasteiger charge is 2.23. The number of sulfonamides is 1. The lowest BCUT2D eigenvalue weighted by atomic mass is 10.3. The van der Waals surface area contributed by atoms with Crippen molar-refractivity contribution in [2.45, 2.75) is 4.21 Å². The highest BCUT2D eigenvalue weighted by atomic mass is 35.5. The number of amides is 1. The van der Waals surface area contributed by atoms with E-state index >= 15 is 0 Å². The van der Waals surface area contributed by atoms with E-state index in [0.717, 1.165) is 15.6 Å². The summed E-state index contributed by atoms with van der Waals surface area (Å²) in [6.45, 7) is -0.261. The van der Waals surface area contributed by atoms with Gasteiger partial charge in [-0.15, -0.1) is 11.3 Å². The Morgan fingerprint density at radius 3 is 2.52 bits per heavy atom. The lowest BCUT2D eigenvalue weighted by molar-refractivity contribution is -0.116. The van der Waals surface area contributed by atoms with Gasteiger partial charge in [0.15, 0.2) is 0 Å². The van der Waals surface area contributed by atoms with Crippen molar-refractivity contribution in [3.63, 3.8) is 0 Å². The van der Waals surface area contributed by atoms with Crippen LogP contribution in [0.4, 0.5) is 5.69 Å². The van der Waals surface area contributed by atoms with Gasteiger partial charge in [0.05, 0.1) is 6.54 Å². The molecule has 2 rings (SSSR count). The summed E-state index contributed by atoms with van der Waals surface area (Å²) in [6.07, 6.45) is 0. The molecule has 0 bridgehead atoms. The van der Waals surface area contributed by atoms with Crippen LogP contribution in [0.2, 0.25) is 5.02 Å². The van der Waals surface area contributed by atoms with E-state index in [0.29, 0.717) is 10.7 Å². The number of nitrogens with one attached hydrogen (secondary N) is 1. The molecule has 0 fully saturated rings. The average molecular weight is 345 g/mol. The summed E-state index contributed by atoms with van der Waals surface area (Å²) in [7, 11) is -2.25. The molecule has 112 valence electrons. The predicted octanol–water partition coefficient (Wildman–Crippen LogP) is 2.66. The third kappa shape index (κ3) is 4.04. The number of nitrogens with zero attached hydrogens (tertiary/aromatic N) is 1. The monoisotopic (exact) mass is 344 g/mol. The van der Waals surface area contributed by atoms with E-state index < -0.39 is 15.9 Å². The minimum absolute atomic E-state index is 0.212. The molecule has 1 amide bonds. The molecular weight excluding hydrogens is 332 g/mol. The van der Waals surface area contributed by atoms with Gasteiger partial charge in [-0.25, -0.2) is 8.42 Å². The fourth-order valence-corrected chi connectivity index (χ4v) is 4.04. The van der Waals surface area contributed by atoms with Gasteiger partial charge in [0, 0.05) is 17.8 Å². The SMILES string of the molecule is CN(CC(=O)Nc1ccc(Cl)cc1)S(=O)(=O)c1cccs1. The van der Waals surface area contributed by atoms with Crippen LogP contribution in [0, 0.1) is 0 Å². The Morgan fingerprint density at radius 2 is 1.95 bits per heavy atom. The number of rotatable bonds is 5. The summed E-state index contributed by atoms with van der Waals surface area (Å²) < 4.78 is 25.6. The molecule has 0 aliphatic rings. The molecule has 1 aromatic heterocycles. The first-order valence-corrected chi connectivity index (χ1v) is 8.64. The van der Waals surface area contributed by atoms with Gasteiger partial charge >= 0.3 is 0 Å². The Hall–Kier alpha value is -1.41. The summed E-state index contributed by atoms with van der Waals surface area (Å²) in [5.74, 6) is -0.417. The summed E-state index contributed by atoms with van der Waals surface area (Å²) in [5.41, 5.74) is 0.561. The van der Waals surface area contributed by atoms with Crippen molar-refractivity contribution in [3.05, 3.63) is 46.8 Å². The first-order chi connectivity index (χ1) is 9.89. The second-order valence-electron chi connectivity index (χ2n) is 4.25. The number of carbonyl (C=O) groups is 1. The summed E-state index contributed by atoms with van der Waals surface area (Å²) in [6, 6.07) is 9.74. The van der Waals surface area contributed by atoms with E-state index in [1.807, 2.05) is 0 Å². The van der Waals surface area contributed by atoms with Crippen molar-refractivity contribution in [3.8, 4) is 0 Å². The van der Waals surface area contributed by atoms with Crippen molar-refractivity contribution in [2.24, 2.45) is 0 Å². The van der Waals surface area contributed by atoms with Crippen molar-refractivity contribution < 1.29 is 13.2 Å². The van der Waals surface area contributed by atoms with Gasteiger partial charge in [-0.2, -0.15) is 4.31 Å². The smallest absolute Gasteiger partial charge is 0.252 e. The Kier molecular flexibility index (Phi) is 5.00. The molecule has 0 radical (unpaired) electrons. The van der Waals surface area contributed by atoms with Gasteiger partial charge in [-0.05, 0) is 35.7 Å². The van der Waals surface area contributed by atoms with Gasteiger partial charge in [-0.3, -0.25) is 4.79 Å². The zero-order valence-electron chi connectivity index (χ0n) is 11.1. The van der Waals surface area contributed by atoms with E-state index in [4.69, 9.17) is 11.6 Å².